The third kappa shape index (κ3) is 4.54. The number of halogens is 1. The maximum atomic E-state index is 11.7. The van der Waals surface area contributed by atoms with Gasteiger partial charge in [-0.2, -0.15) is 0 Å². The molecule has 6 heteroatoms. The number of aliphatic hydroxyl groups is 1. The summed E-state index contributed by atoms with van der Waals surface area (Å²) in [5.74, 6) is -1.61. The molecule has 5 nitrogen and oxygen atoms in total. The number of hydrogen-bond acceptors (Lipinski definition) is 3. The standard InChI is InChI=1S/C13H17ClN2O3/c1-8-4-5-9(14)6-10(8)15-11(18)12(19)16-13(2,3)7-17/h4-6,17H,7H2,1-3H3,(H,15,18)(H,16,19). The van der Waals surface area contributed by atoms with Gasteiger partial charge in [0.25, 0.3) is 0 Å². The number of amides is 2. The molecular formula is C13H17ClN2O3. The number of aryl methyl sites for hydroxylation is 1. The second-order valence-corrected chi connectivity index (χ2v) is 5.35. The molecule has 0 bridgehead atoms. The van der Waals surface area contributed by atoms with Crippen molar-refractivity contribution in [2.24, 2.45) is 0 Å². The number of anilines is 1. The van der Waals surface area contributed by atoms with Crippen molar-refractivity contribution < 1.29 is 14.7 Å². The Labute approximate surface area is 117 Å². The first-order valence-electron chi connectivity index (χ1n) is 5.76. The zero-order valence-electron chi connectivity index (χ0n) is 11.1. The molecule has 19 heavy (non-hydrogen) atoms. The molecule has 0 radical (unpaired) electrons. The predicted molar refractivity (Wildman–Crippen MR) is 74.1 cm³/mol. The van der Waals surface area contributed by atoms with Gasteiger partial charge in [0.1, 0.15) is 0 Å². The Balaban J connectivity index is 2.74. The van der Waals surface area contributed by atoms with E-state index in [1.165, 1.54) is 0 Å². The van der Waals surface area contributed by atoms with Gasteiger partial charge >= 0.3 is 11.8 Å². The van der Waals surface area contributed by atoms with E-state index < -0.39 is 17.4 Å². The normalized spacial score (nSPS) is 11.0. The number of aliphatic hydroxyl groups excluding tert-OH is 1. The van der Waals surface area contributed by atoms with Crippen LogP contribution in [0.25, 0.3) is 0 Å². The highest BCUT2D eigenvalue weighted by atomic mass is 35.5. The number of carbonyl (C=O) groups is 2. The number of carbonyl (C=O) groups excluding carboxylic acids is 2. The van der Waals surface area contributed by atoms with Crippen LogP contribution in [0.2, 0.25) is 5.02 Å². The summed E-state index contributed by atoms with van der Waals surface area (Å²) in [5, 5.41) is 14.4. The fourth-order valence-electron chi connectivity index (χ4n) is 1.31. The van der Waals surface area contributed by atoms with Crippen molar-refractivity contribution in [3.05, 3.63) is 28.8 Å². The molecule has 3 N–H and O–H groups in total. The van der Waals surface area contributed by atoms with E-state index in [1.54, 1.807) is 39.0 Å². The fraction of sp³-hybridized carbons (Fsp3) is 0.385. The largest absolute Gasteiger partial charge is 0.394 e. The molecule has 104 valence electrons. The van der Waals surface area contributed by atoms with Crippen molar-refractivity contribution in [2.75, 3.05) is 11.9 Å². The van der Waals surface area contributed by atoms with Crippen LogP contribution in [0.3, 0.4) is 0 Å². The van der Waals surface area contributed by atoms with E-state index in [9.17, 15) is 9.59 Å². The van der Waals surface area contributed by atoms with Gasteiger partial charge in [-0.15, -0.1) is 0 Å². The third-order valence-electron chi connectivity index (χ3n) is 2.50. The Bertz CT molecular complexity index is 501. The maximum Gasteiger partial charge on any atom is 0.313 e. The Morgan fingerprint density at radius 1 is 1.32 bits per heavy atom. The average molecular weight is 285 g/mol. The number of benzene rings is 1. The van der Waals surface area contributed by atoms with Gasteiger partial charge in [-0.25, -0.2) is 0 Å². The molecule has 1 aromatic carbocycles. The SMILES string of the molecule is Cc1ccc(Cl)cc1NC(=O)C(=O)NC(C)(C)CO. The van der Waals surface area contributed by atoms with Gasteiger partial charge in [-0.3, -0.25) is 9.59 Å². The molecule has 0 unspecified atom stereocenters. The first-order valence-corrected chi connectivity index (χ1v) is 6.13. The van der Waals surface area contributed by atoms with Crippen molar-refractivity contribution in [3.63, 3.8) is 0 Å². The van der Waals surface area contributed by atoms with Crippen LogP contribution in [0.1, 0.15) is 19.4 Å². The quantitative estimate of drug-likeness (QED) is 0.736. The topological polar surface area (TPSA) is 78.4 Å². The van der Waals surface area contributed by atoms with E-state index in [-0.39, 0.29) is 6.61 Å². The molecule has 0 saturated heterocycles. The van der Waals surface area contributed by atoms with E-state index in [4.69, 9.17) is 16.7 Å². The van der Waals surface area contributed by atoms with Gasteiger partial charge in [0.15, 0.2) is 0 Å². The van der Waals surface area contributed by atoms with Gasteiger partial charge in [-0.1, -0.05) is 17.7 Å². The van der Waals surface area contributed by atoms with Crippen LogP contribution in [-0.4, -0.2) is 29.1 Å². The third-order valence-corrected chi connectivity index (χ3v) is 2.74. The molecule has 0 aliphatic rings. The number of hydrogen-bond donors (Lipinski definition) is 3. The van der Waals surface area contributed by atoms with E-state index in [2.05, 4.69) is 10.6 Å². The number of rotatable bonds is 3. The molecule has 0 fully saturated rings. The molecule has 0 heterocycles. The van der Waals surface area contributed by atoms with Crippen LogP contribution in [0.4, 0.5) is 5.69 Å². The van der Waals surface area contributed by atoms with Gasteiger partial charge in [0, 0.05) is 10.7 Å². The lowest BCUT2D eigenvalue weighted by Gasteiger charge is -2.23. The molecule has 1 aromatic rings. The van der Waals surface area contributed by atoms with Crippen LogP contribution in [0.15, 0.2) is 18.2 Å². The Morgan fingerprint density at radius 2 is 1.95 bits per heavy atom. The van der Waals surface area contributed by atoms with Gasteiger partial charge in [-0.05, 0) is 38.5 Å². The molecular weight excluding hydrogens is 268 g/mol. The fourth-order valence-corrected chi connectivity index (χ4v) is 1.48. The van der Waals surface area contributed by atoms with Crippen molar-refractivity contribution in [2.45, 2.75) is 26.3 Å². The molecule has 1 rings (SSSR count). The van der Waals surface area contributed by atoms with E-state index in [1.807, 2.05) is 0 Å². The molecule has 0 aliphatic carbocycles. The van der Waals surface area contributed by atoms with Crippen LogP contribution >= 0.6 is 11.6 Å². The van der Waals surface area contributed by atoms with Gasteiger partial charge in [0.2, 0.25) is 0 Å². The molecule has 0 aliphatic heterocycles. The summed E-state index contributed by atoms with van der Waals surface area (Å²) in [6.07, 6.45) is 0. The lowest BCUT2D eigenvalue weighted by Crippen LogP contribution is -2.50. The molecule has 2 amide bonds. The minimum absolute atomic E-state index is 0.262. The Hall–Kier alpha value is -1.59. The highest BCUT2D eigenvalue weighted by Gasteiger charge is 2.23. The summed E-state index contributed by atoms with van der Waals surface area (Å²) >= 11 is 5.82. The lowest BCUT2D eigenvalue weighted by molar-refractivity contribution is -0.137. The lowest BCUT2D eigenvalue weighted by atomic mass is 10.1. The van der Waals surface area contributed by atoms with Gasteiger partial charge < -0.3 is 15.7 Å². The zero-order valence-corrected chi connectivity index (χ0v) is 11.8. The second kappa shape index (κ2) is 6.04. The van der Waals surface area contributed by atoms with E-state index in [0.717, 1.165) is 5.56 Å². The van der Waals surface area contributed by atoms with Crippen LogP contribution in [-0.2, 0) is 9.59 Å². The summed E-state index contributed by atoms with van der Waals surface area (Å²) in [7, 11) is 0. The molecule has 0 spiro atoms. The minimum atomic E-state index is -0.849. The highest BCUT2D eigenvalue weighted by Crippen LogP contribution is 2.20. The molecule has 0 saturated carbocycles. The smallest absolute Gasteiger partial charge is 0.313 e. The van der Waals surface area contributed by atoms with Gasteiger partial charge in [0.05, 0.1) is 12.1 Å². The highest BCUT2D eigenvalue weighted by molar-refractivity contribution is 6.40. The Kier molecular flexibility index (Phi) is 4.91. The van der Waals surface area contributed by atoms with Crippen molar-refractivity contribution in [1.82, 2.24) is 5.32 Å². The summed E-state index contributed by atoms with van der Waals surface area (Å²) in [6.45, 7) is 4.76. The van der Waals surface area contributed by atoms with E-state index in [0.29, 0.717) is 10.7 Å². The van der Waals surface area contributed by atoms with Crippen LogP contribution in [0.5, 0.6) is 0 Å². The monoisotopic (exact) mass is 284 g/mol. The predicted octanol–water partition coefficient (Wildman–Crippen LogP) is 1.47. The summed E-state index contributed by atoms with van der Waals surface area (Å²) in [4.78, 5) is 23.4. The summed E-state index contributed by atoms with van der Waals surface area (Å²) in [6, 6.07) is 5.01. The minimum Gasteiger partial charge on any atom is -0.394 e. The maximum absolute atomic E-state index is 11.7. The van der Waals surface area contributed by atoms with Crippen LogP contribution < -0.4 is 10.6 Å². The summed E-state index contributed by atoms with van der Waals surface area (Å²) in [5.41, 5.74) is 0.430. The first kappa shape index (κ1) is 15.5. The molecule has 0 atom stereocenters. The van der Waals surface area contributed by atoms with Crippen LogP contribution in [0, 0.1) is 6.92 Å². The van der Waals surface area contributed by atoms with Crippen molar-refractivity contribution >= 4 is 29.1 Å². The second-order valence-electron chi connectivity index (χ2n) is 4.91. The first-order chi connectivity index (χ1) is 8.75. The Morgan fingerprint density at radius 3 is 2.53 bits per heavy atom. The van der Waals surface area contributed by atoms with Crippen molar-refractivity contribution in [1.29, 1.82) is 0 Å². The summed E-state index contributed by atoms with van der Waals surface area (Å²) < 4.78 is 0. The van der Waals surface area contributed by atoms with E-state index >= 15 is 0 Å². The molecule has 0 aromatic heterocycles. The number of nitrogens with one attached hydrogen (secondary N) is 2. The van der Waals surface area contributed by atoms with Crippen molar-refractivity contribution in [3.8, 4) is 0 Å². The zero-order chi connectivity index (χ0) is 14.6. The average Bonchev–Trinajstić information content (AvgIpc) is 2.33.